The minimum Gasteiger partial charge on any atom is -0.453 e. The summed E-state index contributed by atoms with van der Waals surface area (Å²) in [6, 6.07) is 23.3. The molecule has 1 amide bonds. The summed E-state index contributed by atoms with van der Waals surface area (Å²) in [5.41, 5.74) is 7.34. The summed E-state index contributed by atoms with van der Waals surface area (Å²) >= 11 is 0. The van der Waals surface area contributed by atoms with Gasteiger partial charge in [0.05, 0.1) is 30.0 Å². The normalized spacial score (nSPS) is 11.9. The van der Waals surface area contributed by atoms with Crippen molar-refractivity contribution in [3.8, 4) is 22.4 Å². The summed E-state index contributed by atoms with van der Waals surface area (Å²) in [5, 5.41) is 7.13. The Morgan fingerprint density at radius 3 is 2.26 bits per heavy atom. The number of methoxy groups -OCH3 is 1. The van der Waals surface area contributed by atoms with Gasteiger partial charge in [0.25, 0.3) is 0 Å². The lowest BCUT2D eigenvalue weighted by atomic mass is 9.97. The van der Waals surface area contributed by atoms with Crippen LogP contribution in [0.4, 0.5) is 4.79 Å². The maximum Gasteiger partial charge on any atom is 0.406 e. The lowest BCUT2D eigenvalue weighted by molar-refractivity contribution is -0.111. The van der Waals surface area contributed by atoms with E-state index in [4.69, 9.17) is 0 Å². The van der Waals surface area contributed by atoms with E-state index < -0.39 is 6.09 Å². The number of amides is 1. The van der Waals surface area contributed by atoms with Crippen LogP contribution in [-0.4, -0.2) is 50.7 Å². The van der Waals surface area contributed by atoms with Crippen LogP contribution in [0.3, 0.4) is 0 Å². The number of benzene rings is 4. The highest BCUT2D eigenvalue weighted by Gasteiger charge is 2.11. The smallest absolute Gasteiger partial charge is 0.406 e. The molecule has 6 rings (SSSR count). The molecule has 0 bridgehead atoms. The summed E-state index contributed by atoms with van der Waals surface area (Å²) in [7, 11) is 1.28. The van der Waals surface area contributed by atoms with Gasteiger partial charge in [0.2, 0.25) is 0 Å². The number of aromatic nitrogens is 4. The molecular formula is C32H29N5O4P2. The first-order valence-electron chi connectivity index (χ1n) is 13.8. The van der Waals surface area contributed by atoms with Crippen LogP contribution in [0, 0.1) is 0 Å². The third-order valence-corrected chi connectivity index (χ3v) is 8.93. The number of rotatable bonds is 10. The zero-order chi connectivity index (χ0) is 29.9. The van der Waals surface area contributed by atoms with Crippen molar-refractivity contribution < 1.29 is 19.1 Å². The Labute approximate surface area is 250 Å². The van der Waals surface area contributed by atoms with E-state index >= 15 is 0 Å². The molecule has 0 saturated carbocycles. The van der Waals surface area contributed by atoms with E-state index in [9.17, 15) is 14.4 Å². The number of H-pyrrole nitrogens is 2. The predicted molar refractivity (Wildman–Crippen MR) is 175 cm³/mol. The highest BCUT2D eigenvalue weighted by Crippen LogP contribution is 2.31. The Hall–Kier alpha value is -4.45. The summed E-state index contributed by atoms with van der Waals surface area (Å²) in [5.74, 6) is 0. The number of imidazole rings is 2. The molecule has 0 saturated heterocycles. The van der Waals surface area contributed by atoms with Crippen molar-refractivity contribution in [2.75, 3.05) is 13.7 Å². The molecule has 2 unspecified atom stereocenters. The topological polar surface area (TPSA) is 130 Å². The van der Waals surface area contributed by atoms with Crippen molar-refractivity contribution in [1.82, 2.24) is 25.3 Å². The molecule has 0 aliphatic rings. The largest absolute Gasteiger partial charge is 0.453 e. The average molecular weight is 610 g/mol. The number of alkyl carbamates (subject to hydrolysis) is 1. The van der Waals surface area contributed by atoms with E-state index in [-0.39, 0.29) is 28.2 Å². The van der Waals surface area contributed by atoms with E-state index in [1.165, 1.54) is 7.11 Å². The Morgan fingerprint density at radius 1 is 0.814 bits per heavy atom. The van der Waals surface area contributed by atoms with E-state index in [2.05, 4.69) is 90.7 Å². The van der Waals surface area contributed by atoms with Gasteiger partial charge in [-0.15, -0.1) is 0 Å². The number of nitrogens with zero attached hydrogens (tertiary/aromatic N) is 2. The summed E-state index contributed by atoms with van der Waals surface area (Å²) in [6.45, 7) is 1.97. The van der Waals surface area contributed by atoms with Gasteiger partial charge in [-0.1, -0.05) is 30.3 Å². The Morgan fingerprint density at radius 2 is 1.51 bits per heavy atom. The van der Waals surface area contributed by atoms with E-state index in [1.807, 2.05) is 6.07 Å². The number of fused-ring (bicyclic) bond motifs is 3. The highest BCUT2D eigenvalue weighted by atomic mass is 31.1. The van der Waals surface area contributed by atoms with Crippen LogP contribution >= 0.6 is 17.2 Å². The lowest BCUT2D eigenvalue weighted by Gasteiger charge is -2.08. The molecule has 0 fully saturated rings. The molecule has 3 N–H and O–H groups in total. The van der Waals surface area contributed by atoms with Gasteiger partial charge < -0.3 is 20.0 Å². The molecule has 4 aromatic carbocycles. The fraction of sp³-hybridized carbons (Fsp3) is 0.156. The molecule has 6 aromatic rings. The standard InChI is InChI=1S/C32H29N5O4P2/c1-18(38)42-30-34-17-28(37-30)23-8-7-21-13-24-12-19(5-6-20(24)14-25(21)15-23)22-9-10-26-27(16-22)36-31(35-26)43-29(39)4-3-11-33-32(40)41-2/h5-10,12-17,42-43H,3-4,11H2,1-2H3,(H,33,40)(H,34,37)(H,35,36). The predicted octanol–water partition coefficient (Wildman–Crippen LogP) is 5.74. The molecule has 2 aromatic heterocycles. The van der Waals surface area contributed by atoms with Crippen LogP contribution in [0.5, 0.6) is 0 Å². The number of hydrogen-bond acceptors (Lipinski definition) is 6. The van der Waals surface area contributed by atoms with Crippen molar-refractivity contribution >= 4 is 78.0 Å². The van der Waals surface area contributed by atoms with Gasteiger partial charge >= 0.3 is 6.09 Å². The number of hydrogen-bond donors (Lipinski definition) is 3. The number of aromatic amines is 2. The minimum absolute atomic E-state index is 0.0364. The maximum atomic E-state index is 12.4. The molecule has 0 aliphatic carbocycles. The second kappa shape index (κ2) is 12.4. The lowest BCUT2D eigenvalue weighted by Crippen LogP contribution is -2.24. The van der Waals surface area contributed by atoms with Gasteiger partial charge in [-0.05, 0) is 82.4 Å². The van der Waals surface area contributed by atoms with Crippen molar-refractivity contribution in [3.63, 3.8) is 0 Å². The number of carbonyl (C=O) groups excluding carboxylic acids is 3. The second-order valence-corrected chi connectivity index (χ2v) is 12.9. The Balaban J connectivity index is 1.19. The summed E-state index contributed by atoms with van der Waals surface area (Å²) in [6.07, 6.45) is 2.20. The van der Waals surface area contributed by atoms with Crippen LogP contribution in [-0.2, 0) is 14.3 Å². The first kappa shape index (κ1) is 28.7. The summed E-state index contributed by atoms with van der Waals surface area (Å²) in [4.78, 5) is 50.6. The molecule has 216 valence electrons. The van der Waals surface area contributed by atoms with Crippen molar-refractivity contribution in [2.45, 2.75) is 19.8 Å². The van der Waals surface area contributed by atoms with Crippen LogP contribution in [0.15, 0.2) is 72.9 Å². The zero-order valence-electron chi connectivity index (χ0n) is 23.6. The van der Waals surface area contributed by atoms with Crippen LogP contribution in [0.1, 0.15) is 19.8 Å². The zero-order valence-corrected chi connectivity index (χ0v) is 25.6. The second-order valence-electron chi connectivity index (χ2n) is 10.2. The molecule has 0 spiro atoms. The Kier molecular flexibility index (Phi) is 8.28. The minimum atomic E-state index is -0.496. The van der Waals surface area contributed by atoms with Crippen molar-refractivity contribution in [3.05, 3.63) is 72.9 Å². The van der Waals surface area contributed by atoms with Gasteiger partial charge in [0.1, 0.15) is 11.1 Å². The quantitative estimate of drug-likeness (QED) is 0.103. The van der Waals surface area contributed by atoms with Crippen molar-refractivity contribution in [1.29, 1.82) is 0 Å². The van der Waals surface area contributed by atoms with Crippen LogP contribution in [0.25, 0.3) is 55.0 Å². The van der Waals surface area contributed by atoms with E-state index in [1.54, 1.807) is 13.1 Å². The highest BCUT2D eigenvalue weighted by molar-refractivity contribution is 7.65. The van der Waals surface area contributed by atoms with Crippen LogP contribution < -0.4 is 16.4 Å². The molecule has 0 aliphatic heterocycles. The Bertz CT molecular complexity index is 2020. The van der Waals surface area contributed by atoms with Gasteiger partial charge in [0.15, 0.2) is 11.0 Å². The monoisotopic (exact) mass is 609 g/mol. The molecule has 11 heteroatoms. The number of ether oxygens (including phenoxy) is 1. The fourth-order valence-corrected chi connectivity index (χ4v) is 6.60. The molecule has 0 radical (unpaired) electrons. The number of nitrogens with one attached hydrogen (secondary N) is 3. The van der Waals surface area contributed by atoms with Gasteiger partial charge in [-0.3, -0.25) is 9.59 Å². The average Bonchev–Trinajstić information content (AvgIpc) is 3.63. The third-order valence-electron chi connectivity index (χ3n) is 7.09. The molecular weight excluding hydrogens is 580 g/mol. The first-order chi connectivity index (χ1) is 20.8. The fourth-order valence-electron chi connectivity index (χ4n) is 5.00. The van der Waals surface area contributed by atoms with Crippen molar-refractivity contribution in [2.24, 2.45) is 0 Å². The molecule has 2 atom stereocenters. The number of carbonyl (C=O) groups is 3. The van der Waals surface area contributed by atoms with E-state index in [0.717, 1.165) is 55.0 Å². The van der Waals surface area contributed by atoms with Gasteiger partial charge in [0, 0.05) is 35.7 Å². The van der Waals surface area contributed by atoms with Gasteiger partial charge in [-0.2, -0.15) is 0 Å². The van der Waals surface area contributed by atoms with E-state index in [0.29, 0.717) is 30.5 Å². The SMILES string of the molecule is COC(=O)NCCCC(=O)Pc1nc2ccc(-c3ccc4cc5cc(-c6cnc(PC(C)=O)[nH]6)ccc5cc4c3)cc2[nH]1. The first-order valence-corrected chi connectivity index (χ1v) is 15.8. The molecule has 9 nitrogen and oxygen atoms in total. The van der Waals surface area contributed by atoms with Gasteiger partial charge in [-0.25, -0.2) is 14.8 Å². The molecule has 43 heavy (non-hydrogen) atoms. The molecule has 2 heterocycles. The van der Waals surface area contributed by atoms with Crippen LogP contribution in [0.2, 0.25) is 0 Å². The third kappa shape index (κ3) is 6.64. The summed E-state index contributed by atoms with van der Waals surface area (Å²) < 4.78 is 4.53. The maximum absolute atomic E-state index is 12.4.